The summed E-state index contributed by atoms with van der Waals surface area (Å²) in [7, 11) is 0. The molecule has 0 unspecified atom stereocenters. The van der Waals surface area contributed by atoms with E-state index in [1.54, 1.807) is 6.21 Å². The van der Waals surface area contributed by atoms with Crippen LogP contribution in [0, 0.1) is 11.8 Å². The second-order valence-corrected chi connectivity index (χ2v) is 7.12. The Morgan fingerprint density at radius 1 is 1.25 bits per heavy atom. The van der Waals surface area contributed by atoms with E-state index in [2.05, 4.69) is 29.3 Å². The van der Waals surface area contributed by atoms with Gasteiger partial charge < -0.3 is 15.9 Å². The van der Waals surface area contributed by atoms with Crippen LogP contribution < -0.4 is 11.2 Å². The molecule has 0 atom stereocenters. The van der Waals surface area contributed by atoms with Gasteiger partial charge >= 0.3 is 0 Å². The Morgan fingerprint density at radius 2 is 1.92 bits per heavy atom. The van der Waals surface area contributed by atoms with Gasteiger partial charge in [-0.1, -0.05) is 27.7 Å². The van der Waals surface area contributed by atoms with Gasteiger partial charge in [-0.3, -0.25) is 9.79 Å². The molecule has 1 aliphatic carbocycles. The van der Waals surface area contributed by atoms with E-state index in [-0.39, 0.29) is 17.9 Å². The van der Waals surface area contributed by atoms with Crippen LogP contribution >= 0.6 is 0 Å². The number of nitrogens with two attached hydrogens (primary N) is 1. The highest BCUT2D eigenvalue weighted by Crippen LogP contribution is 2.28. The Bertz CT molecular complexity index is 425. The molecule has 0 saturated heterocycles. The van der Waals surface area contributed by atoms with Crippen molar-refractivity contribution >= 4 is 17.7 Å². The largest absolute Gasteiger partial charge is 0.374 e. The van der Waals surface area contributed by atoms with Crippen LogP contribution in [0.4, 0.5) is 0 Å². The Kier molecular flexibility index (Phi) is 9.79. The summed E-state index contributed by atoms with van der Waals surface area (Å²) in [5.41, 5.74) is 0.653. The van der Waals surface area contributed by atoms with Gasteiger partial charge in [-0.2, -0.15) is 5.10 Å². The zero-order chi connectivity index (χ0) is 17.9. The van der Waals surface area contributed by atoms with Crippen molar-refractivity contribution in [3.63, 3.8) is 0 Å². The third kappa shape index (κ3) is 8.02. The van der Waals surface area contributed by atoms with Gasteiger partial charge in [-0.15, -0.1) is 0 Å². The van der Waals surface area contributed by atoms with Gasteiger partial charge in [-0.05, 0) is 25.7 Å². The smallest absolute Gasteiger partial charge is 0.138 e. The average Bonchev–Trinajstić information content (AvgIpc) is 2.56. The molecule has 0 aromatic carbocycles. The number of ketones is 1. The molecule has 3 N–H and O–H groups in total. The predicted molar refractivity (Wildman–Crippen MR) is 99.7 cm³/mol. The standard InChI is InChI=1S/C18H34N4O2/c1-13(2)18(23)15-5-7-16(8-6-15)21-11-17(22-19)12-24-10-9-20-14(3)4/h11,13-16,20H,5-10,12,19H2,1-4H3. The molecule has 6 nitrogen and oxygen atoms in total. The minimum atomic E-state index is 0.133. The second kappa shape index (κ2) is 11.3. The number of aliphatic imine (C=N–C) groups is 1. The summed E-state index contributed by atoms with van der Waals surface area (Å²) < 4.78 is 5.54. The highest BCUT2D eigenvalue weighted by molar-refractivity contribution is 6.31. The number of rotatable bonds is 10. The maximum atomic E-state index is 12.0. The van der Waals surface area contributed by atoms with Crippen LogP contribution in [0.2, 0.25) is 0 Å². The van der Waals surface area contributed by atoms with E-state index < -0.39 is 0 Å². The first kappa shape index (κ1) is 20.8. The molecule has 0 amide bonds. The van der Waals surface area contributed by atoms with E-state index in [1.165, 1.54) is 0 Å². The highest BCUT2D eigenvalue weighted by Gasteiger charge is 2.27. The number of hydrogen-bond acceptors (Lipinski definition) is 6. The van der Waals surface area contributed by atoms with E-state index in [4.69, 9.17) is 10.6 Å². The normalized spacial score (nSPS) is 22.7. The summed E-state index contributed by atoms with van der Waals surface area (Å²) in [5.74, 6) is 6.15. The van der Waals surface area contributed by atoms with E-state index >= 15 is 0 Å². The fourth-order valence-electron chi connectivity index (χ4n) is 2.88. The minimum absolute atomic E-state index is 0.133. The van der Waals surface area contributed by atoms with Crippen molar-refractivity contribution in [1.82, 2.24) is 5.32 Å². The van der Waals surface area contributed by atoms with Crippen LogP contribution in [-0.4, -0.2) is 49.6 Å². The lowest BCUT2D eigenvalue weighted by molar-refractivity contribution is -0.126. The molecule has 1 saturated carbocycles. The molecule has 1 fully saturated rings. The van der Waals surface area contributed by atoms with E-state index in [0.29, 0.717) is 30.8 Å². The molecule has 6 heteroatoms. The van der Waals surface area contributed by atoms with Crippen molar-refractivity contribution in [1.29, 1.82) is 0 Å². The van der Waals surface area contributed by atoms with Gasteiger partial charge in [0.1, 0.15) is 11.5 Å². The number of ether oxygens (including phenoxy) is 1. The summed E-state index contributed by atoms with van der Waals surface area (Å²) in [6, 6.07) is 0.719. The minimum Gasteiger partial charge on any atom is -0.374 e. The highest BCUT2D eigenvalue weighted by atomic mass is 16.5. The Morgan fingerprint density at radius 3 is 2.46 bits per heavy atom. The second-order valence-electron chi connectivity index (χ2n) is 7.12. The van der Waals surface area contributed by atoms with Crippen LogP contribution in [0.5, 0.6) is 0 Å². The first-order valence-electron chi connectivity index (χ1n) is 9.08. The zero-order valence-electron chi connectivity index (χ0n) is 15.6. The molecule has 0 radical (unpaired) electrons. The van der Waals surface area contributed by atoms with E-state index in [9.17, 15) is 4.79 Å². The van der Waals surface area contributed by atoms with E-state index in [0.717, 1.165) is 32.2 Å². The topological polar surface area (TPSA) is 89.1 Å². The lowest BCUT2D eigenvalue weighted by Crippen LogP contribution is -2.28. The van der Waals surface area contributed by atoms with Crippen molar-refractivity contribution in [2.24, 2.45) is 27.8 Å². The number of carbonyl (C=O) groups excluding carboxylic acids is 1. The SMILES string of the molecule is CC(C)NCCOCC(C=NC1CCC(C(=O)C(C)C)CC1)=NN. The fourth-order valence-corrected chi connectivity index (χ4v) is 2.88. The van der Waals surface area contributed by atoms with Crippen molar-refractivity contribution in [2.75, 3.05) is 19.8 Å². The number of hydrazone groups is 1. The molecule has 138 valence electrons. The van der Waals surface area contributed by atoms with Gasteiger partial charge in [0.2, 0.25) is 0 Å². The molecule has 0 heterocycles. The van der Waals surface area contributed by atoms with Gasteiger partial charge in [0.25, 0.3) is 0 Å². The average molecular weight is 338 g/mol. The quantitative estimate of drug-likeness (QED) is 0.276. The first-order valence-corrected chi connectivity index (χ1v) is 9.08. The third-order valence-corrected chi connectivity index (χ3v) is 4.32. The molecule has 0 aliphatic heterocycles. The van der Waals surface area contributed by atoms with Crippen LogP contribution in [0.25, 0.3) is 0 Å². The number of Topliss-reactive ketones (excluding diaryl/α,β-unsaturated/α-hetero) is 1. The molecule has 0 bridgehead atoms. The van der Waals surface area contributed by atoms with Crippen LogP contribution in [0.3, 0.4) is 0 Å². The van der Waals surface area contributed by atoms with Crippen LogP contribution in [-0.2, 0) is 9.53 Å². The molecule has 1 rings (SSSR count). The molecular weight excluding hydrogens is 304 g/mol. The number of nitrogens with zero attached hydrogens (tertiary/aromatic N) is 2. The zero-order valence-corrected chi connectivity index (χ0v) is 15.6. The number of nitrogens with one attached hydrogen (secondary N) is 1. The predicted octanol–water partition coefficient (Wildman–Crippen LogP) is 2.17. The summed E-state index contributed by atoms with van der Waals surface area (Å²) >= 11 is 0. The van der Waals surface area contributed by atoms with Crippen molar-refractivity contribution in [2.45, 2.75) is 65.5 Å². The monoisotopic (exact) mass is 338 g/mol. The molecule has 0 aromatic rings. The Balaban J connectivity index is 2.28. The molecule has 24 heavy (non-hydrogen) atoms. The van der Waals surface area contributed by atoms with Crippen LogP contribution in [0.15, 0.2) is 10.1 Å². The van der Waals surface area contributed by atoms with Gasteiger partial charge in [-0.25, -0.2) is 0 Å². The van der Waals surface area contributed by atoms with Gasteiger partial charge in [0, 0.05) is 30.6 Å². The van der Waals surface area contributed by atoms with Crippen molar-refractivity contribution < 1.29 is 9.53 Å². The Hall–Kier alpha value is -1.27. The molecule has 1 aliphatic rings. The van der Waals surface area contributed by atoms with Gasteiger partial charge in [0.05, 0.1) is 19.3 Å². The van der Waals surface area contributed by atoms with Gasteiger partial charge in [0.15, 0.2) is 0 Å². The molecular formula is C18H34N4O2. The first-order chi connectivity index (χ1) is 11.4. The number of hydrogen-bond donors (Lipinski definition) is 2. The maximum Gasteiger partial charge on any atom is 0.138 e. The summed E-state index contributed by atoms with van der Waals surface area (Å²) in [5, 5.41) is 7.02. The fraction of sp³-hybridized carbons (Fsp3) is 0.833. The van der Waals surface area contributed by atoms with Crippen LogP contribution in [0.1, 0.15) is 53.4 Å². The summed E-state index contributed by atoms with van der Waals surface area (Å²) in [6.45, 7) is 9.96. The third-order valence-electron chi connectivity index (χ3n) is 4.32. The lowest BCUT2D eigenvalue weighted by Gasteiger charge is -2.26. The molecule has 0 spiro atoms. The summed E-state index contributed by atoms with van der Waals surface area (Å²) in [4.78, 5) is 16.6. The van der Waals surface area contributed by atoms with E-state index in [1.807, 2.05) is 13.8 Å². The molecule has 0 aromatic heterocycles. The summed E-state index contributed by atoms with van der Waals surface area (Å²) in [6.07, 6.45) is 5.51. The van der Waals surface area contributed by atoms with Crippen molar-refractivity contribution in [3.05, 3.63) is 0 Å². The number of carbonyl (C=O) groups is 1. The lowest BCUT2D eigenvalue weighted by atomic mass is 9.81. The Labute approximate surface area is 146 Å². The van der Waals surface area contributed by atoms with Crippen molar-refractivity contribution in [3.8, 4) is 0 Å². The maximum absolute atomic E-state index is 12.0.